The molecule has 0 saturated carbocycles. The lowest BCUT2D eigenvalue weighted by Crippen LogP contribution is -2.61. The summed E-state index contributed by atoms with van der Waals surface area (Å²) in [5.74, 6) is -0.226. The van der Waals surface area contributed by atoms with Crippen molar-refractivity contribution in [1.29, 1.82) is 0 Å². The second kappa shape index (κ2) is 7.97. The smallest absolute Gasteiger partial charge is 0.255 e. The van der Waals surface area contributed by atoms with Gasteiger partial charge in [0.1, 0.15) is 0 Å². The summed E-state index contributed by atoms with van der Waals surface area (Å²) in [5, 5.41) is 13.7. The summed E-state index contributed by atoms with van der Waals surface area (Å²) in [5.41, 5.74) is -0.0932. The number of aliphatic hydroxyl groups is 1. The Morgan fingerprint density at radius 1 is 1.16 bits per heavy atom. The first-order valence-electron chi connectivity index (χ1n) is 9.12. The second-order valence-corrected chi connectivity index (χ2v) is 7.08. The normalized spacial score (nSPS) is 25.1. The van der Waals surface area contributed by atoms with Crippen LogP contribution < -0.4 is 5.32 Å². The quantitative estimate of drug-likeness (QED) is 0.783. The maximum Gasteiger partial charge on any atom is 0.255 e. The van der Waals surface area contributed by atoms with Crippen molar-refractivity contribution in [3.05, 3.63) is 35.9 Å². The number of piperidine rings is 1. The minimum Gasteiger partial charge on any atom is -0.379 e. The molecule has 6 heteroatoms. The summed E-state index contributed by atoms with van der Waals surface area (Å²) in [6.07, 6.45) is 3.08. The number of hydrogen-bond donors (Lipinski definition) is 2. The molecule has 2 amide bonds. The molecule has 3 rings (SSSR count). The first-order chi connectivity index (χ1) is 12.1. The van der Waals surface area contributed by atoms with Gasteiger partial charge in [-0.25, -0.2) is 0 Å². The predicted octanol–water partition coefficient (Wildman–Crippen LogP) is 0.405. The summed E-state index contributed by atoms with van der Waals surface area (Å²) in [4.78, 5) is 28.0. The highest BCUT2D eigenvalue weighted by molar-refractivity contribution is 5.86. The molecule has 1 atom stereocenters. The van der Waals surface area contributed by atoms with Crippen molar-refractivity contribution in [2.75, 3.05) is 39.3 Å². The maximum atomic E-state index is 12.8. The Labute approximate surface area is 148 Å². The molecule has 2 aliphatic heterocycles. The number of aryl methyl sites for hydroxylation is 1. The molecule has 6 nitrogen and oxygen atoms in total. The summed E-state index contributed by atoms with van der Waals surface area (Å²) in [6, 6.07) is 10.2. The fourth-order valence-electron chi connectivity index (χ4n) is 3.74. The van der Waals surface area contributed by atoms with Gasteiger partial charge in [-0.15, -0.1) is 0 Å². The molecular formula is C19H27N3O3. The van der Waals surface area contributed by atoms with Gasteiger partial charge in [-0.05, 0) is 31.2 Å². The molecule has 1 aromatic rings. The fraction of sp³-hybridized carbons (Fsp3) is 0.579. The van der Waals surface area contributed by atoms with Gasteiger partial charge in [-0.1, -0.05) is 30.3 Å². The lowest BCUT2D eigenvalue weighted by molar-refractivity contribution is -0.160. The highest BCUT2D eigenvalue weighted by atomic mass is 16.3. The highest BCUT2D eigenvalue weighted by Gasteiger charge is 2.43. The Kier molecular flexibility index (Phi) is 5.71. The fourth-order valence-corrected chi connectivity index (χ4v) is 3.74. The number of benzene rings is 1. The molecule has 2 aliphatic rings. The van der Waals surface area contributed by atoms with E-state index >= 15 is 0 Å². The summed E-state index contributed by atoms with van der Waals surface area (Å²) in [7, 11) is 0. The van der Waals surface area contributed by atoms with E-state index in [1.54, 1.807) is 4.90 Å². The Morgan fingerprint density at radius 2 is 1.96 bits per heavy atom. The minimum absolute atomic E-state index is 0.0437. The van der Waals surface area contributed by atoms with Crippen LogP contribution in [0.3, 0.4) is 0 Å². The van der Waals surface area contributed by atoms with Crippen LogP contribution in [0.1, 0.15) is 24.8 Å². The molecule has 0 radical (unpaired) electrons. The van der Waals surface area contributed by atoms with Crippen LogP contribution in [-0.2, 0) is 16.0 Å². The number of β-amino-alcohol motifs (C(OH)–C–C–N with tert-alkyl or cyclic N) is 1. The first kappa shape index (κ1) is 17.9. The van der Waals surface area contributed by atoms with E-state index in [-0.39, 0.29) is 24.9 Å². The van der Waals surface area contributed by atoms with Gasteiger partial charge in [0, 0.05) is 32.7 Å². The van der Waals surface area contributed by atoms with Gasteiger partial charge in [-0.3, -0.25) is 14.5 Å². The third-order valence-corrected chi connectivity index (χ3v) is 5.04. The third kappa shape index (κ3) is 4.58. The van der Waals surface area contributed by atoms with Crippen LogP contribution in [0.2, 0.25) is 0 Å². The molecule has 2 N–H and O–H groups in total. The zero-order chi connectivity index (χ0) is 17.7. The molecule has 0 aromatic heterocycles. The average Bonchev–Trinajstić information content (AvgIpc) is 2.60. The van der Waals surface area contributed by atoms with Crippen molar-refractivity contribution >= 4 is 11.8 Å². The maximum absolute atomic E-state index is 12.8. The molecule has 2 fully saturated rings. The molecule has 2 heterocycles. The van der Waals surface area contributed by atoms with Gasteiger partial charge >= 0.3 is 0 Å². The monoisotopic (exact) mass is 345 g/mol. The Bertz CT molecular complexity index is 607. The minimum atomic E-state index is -1.36. The molecule has 0 aliphatic carbocycles. The van der Waals surface area contributed by atoms with Crippen molar-refractivity contribution in [2.24, 2.45) is 0 Å². The molecule has 2 saturated heterocycles. The Morgan fingerprint density at radius 3 is 2.72 bits per heavy atom. The molecule has 0 spiro atoms. The number of nitrogens with zero attached hydrogens (tertiary/aromatic N) is 2. The predicted molar refractivity (Wildman–Crippen MR) is 95.0 cm³/mol. The number of hydrogen-bond acceptors (Lipinski definition) is 4. The molecule has 0 unspecified atom stereocenters. The number of rotatable bonds is 6. The zero-order valence-electron chi connectivity index (χ0n) is 14.6. The van der Waals surface area contributed by atoms with Crippen molar-refractivity contribution in [2.45, 2.75) is 31.3 Å². The van der Waals surface area contributed by atoms with Crippen LogP contribution in [0.25, 0.3) is 0 Å². The molecule has 0 bridgehead atoms. The van der Waals surface area contributed by atoms with E-state index in [1.165, 1.54) is 5.56 Å². The van der Waals surface area contributed by atoms with E-state index in [4.69, 9.17) is 0 Å². The Balaban J connectivity index is 1.53. The van der Waals surface area contributed by atoms with Gasteiger partial charge in [-0.2, -0.15) is 0 Å². The van der Waals surface area contributed by atoms with Gasteiger partial charge in [0.2, 0.25) is 5.91 Å². The number of likely N-dealkylation sites (tertiary alicyclic amines) is 1. The topological polar surface area (TPSA) is 72.9 Å². The largest absolute Gasteiger partial charge is 0.379 e. The number of carbonyl (C=O) groups excluding carboxylic acids is 2. The van der Waals surface area contributed by atoms with Gasteiger partial charge in [0.25, 0.3) is 5.91 Å². The average molecular weight is 345 g/mol. The van der Waals surface area contributed by atoms with Crippen LogP contribution in [0, 0.1) is 0 Å². The second-order valence-electron chi connectivity index (χ2n) is 7.08. The van der Waals surface area contributed by atoms with Crippen LogP contribution in [-0.4, -0.2) is 71.6 Å². The number of nitrogens with one attached hydrogen (secondary N) is 1. The van der Waals surface area contributed by atoms with Crippen molar-refractivity contribution in [3.63, 3.8) is 0 Å². The number of carbonyl (C=O) groups is 2. The Hall–Kier alpha value is -1.92. The van der Waals surface area contributed by atoms with Crippen LogP contribution in [0.4, 0.5) is 0 Å². The molecule has 25 heavy (non-hydrogen) atoms. The SMILES string of the molecule is O=C1CN(C[C@@]2(O)CCCN(CCCc3ccccc3)C2=O)CCN1. The molecule has 1 aromatic carbocycles. The molecular weight excluding hydrogens is 318 g/mol. The standard InChI is InChI=1S/C19H27N3O3/c23-17-14-21(13-10-20-17)15-19(25)9-5-12-22(18(19)24)11-4-8-16-6-2-1-3-7-16/h1-3,6-7,25H,4-5,8-15H2,(H,20,23)/t19-/m0/s1. The number of amides is 2. The van der Waals surface area contributed by atoms with E-state index in [0.29, 0.717) is 32.6 Å². The lowest BCUT2D eigenvalue weighted by Gasteiger charge is -2.41. The van der Waals surface area contributed by atoms with E-state index in [9.17, 15) is 14.7 Å². The van der Waals surface area contributed by atoms with E-state index in [0.717, 1.165) is 19.3 Å². The van der Waals surface area contributed by atoms with Crippen molar-refractivity contribution in [3.8, 4) is 0 Å². The van der Waals surface area contributed by atoms with Gasteiger partial charge in [0.15, 0.2) is 5.60 Å². The number of piperazine rings is 1. The summed E-state index contributed by atoms with van der Waals surface area (Å²) < 4.78 is 0. The highest BCUT2D eigenvalue weighted by Crippen LogP contribution is 2.24. The van der Waals surface area contributed by atoms with Crippen LogP contribution in [0.15, 0.2) is 30.3 Å². The first-order valence-corrected chi connectivity index (χ1v) is 9.12. The summed E-state index contributed by atoms with van der Waals surface area (Å²) >= 11 is 0. The molecule has 136 valence electrons. The summed E-state index contributed by atoms with van der Waals surface area (Å²) in [6.45, 7) is 3.12. The van der Waals surface area contributed by atoms with Crippen molar-refractivity contribution in [1.82, 2.24) is 15.1 Å². The zero-order valence-corrected chi connectivity index (χ0v) is 14.6. The van der Waals surface area contributed by atoms with E-state index in [1.807, 2.05) is 23.1 Å². The van der Waals surface area contributed by atoms with Crippen LogP contribution >= 0.6 is 0 Å². The van der Waals surface area contributed by atoms with Crippen LogP contribution in [0.5, 0.6) is 0 Å². The third-order valence-electron chi connectivity index (χ3n) is 5.04. The lowest BCUT2D eigenvalue weighted by atomic mass is 9.90. The van der Waals surface area contributed by atoms with Gasteiger partial charge in [0.05, 0.1) is 6.54 Å². The van der Waals surface area contributed by atoms with Crippen molar-refractivity contribution < 1.29 is 14.7 Å². The van der Waals surface area contributed by atoms with Gasteiger partial charge < -0.3 is 15.3 Å². The van der Waals surface area contributed by atoms with E-state index < -0.39 is 5.60 Å². The van der Waals surface area contributed by atoms with E-state index in [2.05, 4.69) is 17.4 Å².